The molecule has 1 aliphatic rings. The number of amides is 2. The van der Waals surface area contributed by atoms with Gasteiger partial charge in [-0.05, 0) is 29.3 Å². The van der Waals surface area contributed by atoms with E-state index in [-0.39, 0.29) is 11.8 Å². The lowest BCUT2D eigenvalue weighted by atomic mass is 10.1. The Kier molecular flexibility index (Phi) is 4.88. The second-order valence-electron chi connectivity index (χ2n) is 6.14. The van der Waals surface area contributed by atoms with Crippen LogP contribution in [-0.2, 0) is 17.9 Å². The first kappa shape index (κ1) is 17.3. The summed E-state index contributed by atoms with van der Waals surface area (Å²) in [6.45, 7) is 1.09. The number of nitrogens with zero attached hydrogens (tertiary/aromatic N) is 3. The Labute approximate surface area is 160 Å². The van der Waals surface area contributed by atoms with E-state index >= 15 is 0 Å². The largest absolute Gasteiger partial charge is 0.348 e. The molecule has 0 saturated heterocycles. The second kappa shape index (κ2) is 7.63. The molecule has 8 heteroatoms. The zero-order valence-corrected chi connectivity index (χ0v) is 15.2. The van der Waals surface area contributed by atoms with Crippen LogP contribution < -0.4 is 10.6 Å². The van der Waals surface area contributed by atoms with Crippen molar-refractivity contribution in [2.24, 2.45) is 0 Å². The Morgan fingerprint density at radius 3 is 2.78 bits per heavy atom. The maximum Gasteiger partial charge on any atom is 0.251 e. The first-order chi connectivity index (χ1) is 13.2. The topological polar surface area (TPSA) is 88.9 Å². The molecule has 2 heterocycles. The summed E-state index contributed by atoms with van der Waals surface area (Å²) in [7, 11) is 0. The Morgan fingerprint density at radius 1 is 1.19 bits per heavy atom. The molecule has 0 bridgehead atoms. The fourth-order valence-corrected chi connectivity index (χ4v) is 3.56. The van der Waals surface area contributed by atoms with Gasteiger partial charge in [0.05, 0.1) is 18.0 Å². The molecule has 0 unspecified atom stereocenters. The maximum atomic E-state index is 12.4. The highest BCUT2D eigenvalue weighted by atomic mass is 32.2. The summed E-state index contributed by atoms with van der Waals surface area (Å²) >= 11 is 1.48. The van der Waals surface area contributed by atoms with Crippen molar-refractivity contribution in [3.8, 4) is 0 Å². The van der Waals surface area contributed by atoms with Crippen LogP contribution in [0.15, 0.2) is 60.0 Å². The quantitative estimate of drug-likeness (QED) is 0.710. The van der Waals surface area contributed by atoms with E-state index in [9.17, 15) is 9.59 Å². The third-order valence-electron chi connectivity index (χ3n) is 4.16. The number of hydrogen-bond acceptors (Lipinski definition) is 5. The maximum absolute atomic E-state index is 12.4. The van der Waals surface area contributed by atoms with Gasteiger partial charge in [-0.15, -0.1) is 11.8 Å². The van der Waals surface area contributed by atoms with Gasteiger partial charge >= 0.3 is 0 Å². The van der Waals surface area contributed by atoms with Gasteiger partial charge in [0.15, 0.2) is 0 Å². The standard InChI is InChI=1S/C19H17N5O2S/c25-18-10-27-17-6-5-15(7-16(17)23-18)19(26)21-8-13-1-3-14(4-2-13)9-24-12-20-11-22-24/h1-7,11-12H,8-10H2,(H,21,26)(H,23,25). The van der Waals surface area contributed by atoms with Gasteiger partial charge in [-0.2, -0.15) is 5.10 Å². The number of nitrogens with one attached hydrogen (secondary N) is 2. The minimum atomic E-state index is -0.172. The van der Waals surface area contributed by atoms with Crippen LogP contribution >= 0.6 is 11.8 Å². The molecule has 2 aromatic carbocycles. The molecule has 1 aliphatic heterocycles. The molecule has 0 saturated carbocycles. The zero-order chi connectivity index (χ0) is 18.6. The number of aromatic nitrogens is 3. The van der Waals surface area contributed by atoms with E-state index in [1.165, 1.54) is 18.1 Å². The molecule has 0 radical (unpaired) electrons. The van der Waals surface area contributed by atoms with E-state index in [0.717, 1.165) is 16.0 Å². The monoisotopic (exact) mass is 379 g/mol. The Morgan fingerprint density at radius 2 is 2.00 bits per heavy atom. The van der Waals surface area contributed by atoms with Crippen LogP contribution in [0.2, 0.25) is 0 Å². The second-order valence-corrected chi connectivity index (χ2v) is 7.16. The average Bonchev–Trinajstić information content (AvgIpc) is 3.19. The lowest BCUT2D eigenvalue weighted by Crippen LogP contribution is -2.24. The molecule has 4 rings (SSSR count). The fraction of sp³-hybridized carbons (Fsp3) is 0.158. The van der Waals surface area contributed by atoms with Gasteiger partial charge in [0.2, 0.25) is 5.91 Å². The van der Waals surface area contributed by atoms with E-state index < -0.39 is 0 Å². The first-order valence-corrected chi connectivity index (χ1v) is 9.41. The van der Waals surface area contributed by atoms with E-state index in [4.69, 9.17) is 0 Å². The van der Waals surface area contributed by atoms with Gasteiger partial charge < -0.3 is 10.6 Å². The van der Waals surface area contributed by atoms with E-state index in [0.29, 0.717) is 30.1 Å². The van der Waals surface area contributed by atoms with E-state index in [1.54, 1.807) is 23.1 Å². The first-order valence-electron chi connectivity index (χ1n) is 8.42. The smallest absolute Gasteiger partial charge is 0.251 e. The summed E-state index contributed by atoms with van der Waals surface area (Å²) in [5.74, 6) is 0.191. The Hall–Kier alpha value is -3.13. The number of carbonyl (C=O) groups is 2. The molecular weight excluding hydrogens is 362 g/mol. The molecular formula is C19H17N5O2S. The molecule has 7 nitrogen and oxygen atoms in total. The molecule has 2 amide bonds. The van der Waals surface area contributed by atoms with E-state index in [1.807, 2.05) is 30.3 Å². The summed E-state index contributed by atoms with van der Waals surface area (Å²) in [6, 6.07) is 13.3. The van der Waals surface area contributed by atoms with Crippen molar-refractivity contribution in [1.29, 1.82) is 0 Å². The fourth-order valence-electron chi connectivity index (χ4n) is 2.77. The number of thioether (sulfide) groups is 1. The number of carbonyl (C=O) groups excluding carboxylic acids is 2. The third-order valence-corrected chi connectivity index (χ3v) is 5.24. The van der Waals surface area contributed by atoms with Gasteiger partial charge in [0.1, 0.15) is 12.7 Å². The summed E-state index contributed by atoms with van der Waals surface area (Å²) in [5.41, 5.74) is 3.34. The molecule has 0 atom stereocenters. The third kappa shape index (κ3) is 4.17. The van der Waals surface area contributed by atoms with Gasteiger partial charge in [0, 0.05) is 17.0 Å². The van der Waals surface area contributed by atoms with Crippen LogP contribution in [0.25, 0.3) is 0 Å². The summed E-state index contributed by atoms with van der Waals surface area (Å²) in [5, 5.41) is 9.80. The van der Waals surface area contributed by atoms with Crippen LogP contribution in [0.3, 0.4) is 0 Å². The van der Waals surface area contributed by atoms with Crippen molar-refractivity contribution in [3.05, 3.63) is 71.8 Å². The zero-order valence-electron chi connectivity index (χ0n) is 14.4. The highest BCUT2D eigenvalue weighted by Crippen LogP contribution is 2.31. The normalized spacial score (nSPS) is 13.0. The van der Waals surface area contributed by atoms with Crippen LogP contribution in [-0.4, -0.2) is 32.3 Å². The summed E-state index contributed by atoms with van der Waals surface area (Å²) in [6.07, 6.45) is 3.18. The van der Waals surface area contributed by atoms with E-state index in [2.05, 4.69) is 20.7 Å². The van der Waals surface area contributed by atoms with Crippen LogP contribution in [0, 0.1) is 0 Å². The molecule has 136 valence electrons. The highest BCUT2D eigenvalue weighted by Gasteiger charge is 2.17. The molecule has 2 N–H and O–H groups in total. The number of fused-ring (bicyclic) bond motifs is 1. The number of anilines is 1. The number of rotatable bonds is 5. The van der Waals surface area contributed by atoms with Crippen molar-refractivity contribution in [2.75, 3.05) is 11.1 Å². The van der Waals surface area contributed by atoms with Gasteiger partial charge in [-0.25, -0.2) is 9.67 Å². The van der Waals surface area contributed by atoms with Crippen molar-refractivity contribution >= 4 is 29.3 Å². The SMILES string of the molecule is O=C1CSc2ccc(C(=O)NCc3ccc(Cn4cncn4)cc3)cc2N1. The van der Waals surface area contributed by atoms with Gasteiger partial charge in [-0.1, -0.05) is 24.3 Å². The molecule has 0 spiro atoms. The van der Waals surface area contributed by atoms with Crippen molar-refractivity contribution in [1.82, 2.24) is 20.1 Å². The van der Waals surface area contributed by atoms with Crippen molar-refractivity contribution in [3.63, 3.8) is 0 Å². The molecule has 27 heavy (non-hydrogen) atoms. The predicted molar refractivity (Wildman–Crippen MR) is 103 cm³/mol. The summed E-state index contributed by atoms with van der Waals surface area (Å²) < 4.78 is 1.75. The molecule has 3 aromatic rings. The molecule has 1 aromatic heterocycles. The summed E-state index contributed by atoms with van der Waals surface area (Å²) in [4.78, 5) is 28.8. The van der Waals surface area contributed by atoms with Gasteiger partial charge in [0.25, 0.3) is 5.91 Å². The van der Waals surface area contributed by atoms with Crippen LogP contribution in [0.4, 0.5) is 5.69 Å². The minimum absolute atomic E-state index is 0.0453. The Bertz CT molecular complexity index is 970. The average molecular weight is 379 g/mol. The molecule has 0 fully saturated rings. The van der Waals surface area contributed by atoms with Crippen molar-refractivity contribution in [2.45, 2.75) is 18.0 Å². The number of hydrogen-bond donors (Lipinski definition) is 2. The lowest BCUT2D eigenvalue weighted by Gasteiger charge is -2.17. The Balaban J connectivity index is 1.36. The highest BCUT2D eigenvalue weighted by molar-refractivity contribution is 8.00. The van der Waals surface area contributed by atoms with Crippen molar-refractivity contribution < 1.29 is 9.59 Å². The number of benzene rings is 2. The molecule has 0 aliphatic carbocycles. The van der Waals surface area contributed by atoms with Gasteiger partial charge in [-0.3, -0.25) is 9.59 Å². The predicted octanol–water partition coefficient (Wildman–Crippen LogP) is 2.30. The van der Waals surface area contributed by atoms with Crippen LogP contribution in [0.5, 0.6) is 0 Å². The minimum Gasteiger partial charge on any atom is -0.348 e. The lowest BCUT2D eigenvalue weighted by molar-refractivity contribution is -0.113. The van der Waals surface area contributed by atoms with Crippen LogP contribution in [0.1, 0.15) is 21.5 Å².